The molecule has 0 aromatic carbocycles. The Labute approximate surface area is 144 Å². The van der Waals surface area contributed by atoms with Crippen molar-refractivity contribution in [1.29, 1.82) is 0 Å². The molecular formula is C18H20N6O. The molecule has 1 aliphatic heterocycles. The van der Waals surface area contributed by atoms with E-state index in [4.69, 9.17) is 4.98 Å². The molecule has 0 radical (unpaired) electrons. The van der Waals surface area contributed by atoms with Gasteiger partial charge < -0.3 is 9.88 Å². The monoisotopic (exact) mass is 336 g/mol. The van der Waals surface area contributed by atoms with Crippen LogP contribution in [0.5, 0.6) is 0 Å². The van der Waals surface area contributed by atoms with Gasteiger partial charge in [0.2, 0.25) is 0 Å². The van der Waals surface area contributed by atoms with E-state index in [0.717, 1.165) is 47.2 Å². The summed E-state index contributed by atoms with van der Waals surface area (Å²) in [6, 6.07) is 3.95. The molecule has 3 aromatic rings. The summed E-state index contributed by atoms with van der Waals surface area (Å²) in [4.78, 5) is 26.9. The van der Waals surface area contributed by atoms with E-state index in [1.165, 1.54) is 12.8 Å². The van der Waals surface area contributed by atoms with Crippen LogP contribution in [-0.4, -0.2) is 31.1 Å². The van der Waals surface area contributed by atoms with Crippen molar-refractivity contribution < 1.29 is 0 Å². The van der Waals surface area contributed by atoms with Crippen LogP contribution in [0.15, 0.2) is 23.1 Å². The highest BCUT2D eigenvalue weighted by molar-refractivity contribution is 5.51. The van der Waals surface area contributed by atoms with Gasteiger partial charge in [-0.2, -0.15) is 9.61 Å². The summed E-state index contributed by atoms with van der Waals surface area (Å²) in [5.41, 5.74) is 3.57. The Bertz CT molecular complexity index is 1020. The van der Waals surface area contributed by atoms with E-state index >= 15 is 0 Å². The third-order valence-corrected chi connectivity index (χ3v) is 5.09. The highest BCUT2D eigenvalue weighted by Crippen LogP contribution is 2.32. The van der Waals surface area contributed by atoms with E-state index in [1.807, 2.05) is 23.6 Å². The third-order valence-electron chi connectivity index (χ3n) is 5.09. The van der Waals surface area contributed by atoms with Crippen molar-refractivity contribution in [2.75, 3.05) is 11.4 Å². The molecule has 128 valence electrons. The summed E-state index contributed by atoms with van der Waals surface area (Å²) >= 11 is 0. The van der Waals surface area contributed by atoms with Crippen molar-refractivity contribution in [2.45, 2.75) is 39.2 Å². The third kappa shape index (κ3) is 2.59. The molecule has 5 rings (SSSR count). The predicted molar refractivity (Wildman–Crippen MR) is 93.8 cm³/mol. The van der Waals surface area contributed by atoms with Gasteiger partial charge in [-0.25, -0.2) is 9.97 Å². The lowest BCUT2D eigenvalue weighted by atomic mass is 10.1. The first-order valence-corrected chi connectivity index (χ1v) is 8.84. The number of aromatic nitrogens is 5. The molecule has 2 aliphatic rings. The molecule has 1 aliphatic carbocycles. The maximum absolute atomic E-state index is 12.4. The fraction of sp³-hybridized carbons (Fsp3) is 0.444. The molecule has 0 unspecified atom stereocenters. The van der Waals surface area contributed by atoms with Crippen molar-refractivity contribution in [3.63, 3.8) is 0 Å². The largest absolute Gasteiger partial charge is 0.350 e. The molecule has 7 nitrogen and oxygen atoms in total. The molecule has 7 heteroatoms. The Balaban J connectivity index is 1.53. The number of rotatable bonds is 3. The highest BCUT2D eigenvalue weighted by atomic mass is 16.1. The maximum atomic E-state index is 12.4. The number of fused-ring (bicyclic) bond motifs is 2. The number of hydrogen-bond acceptors (Lipinski definition) is 5. The molecule has 0 atom stereocenters. The van der Waals surface area contributed by atoms with Gasteiger partial charge in [0, 0.05) is 36.4 Å². The van der Waals surface area contributed by atoms with E-state index in [-0.39, 0.29) is 5.56 Å². The zero-order valence-corrected chi connectivity index (χ0v) is 14.2. The van der Waals surface area contributed by atoms with Crippen LogP contribution < -0.4 is 10.5 Å². The quantitative estimate of drug-likeness (QED) is 0.786. The van der Waals surface area contributed by atoms with E-state index in [9.17, 15) is 4.79 Å². The number of anilines is 1. The molecule has 0 saturated heterocycles. The van der Waals surface area contributed by atoms with Gasteiger partial charge in [-0.15, -0.1) is 0 Å². The average molecular weight is 336 g/mol. The van der Waals surface area contributed by atoms with Crippen molar-refractivity contribution in [3.05, 3.63) is 51.5 Å². The molecular weight excluding hydrogens is 316 g/mol. The zero-order chi connectivity index (χ0) is 17.0. The number of aromatic amines is 1. The van der Waals surface area contributed by atoms with Crippen LogP contribution in [0.25, 0.3) is 5.65 Å². The fourth-order valence-electron chi connectivity index (χ4n) is 3.62. The van der Waals surface area contributed by atoms with Gasteiger partial charge in [0.1, 0.15) is 11.6 Å². The Morgan fingerprint density at radius 2 is 2.20 bits per heavy atom. The Hall–Kier alpha value is -2.70. The molecule has 1 N–H and O–H groups in total. The Kier molecular flexibility index (Phi) is 3.16. The minimum atomic E-state index is 0.0374. The molecule has 0 amide bonds. The molecule has 1 fully saturated rings. The fourth-order valence-corrected chi connectivity index (χ4v) is 3.62. The summed E-state index contributed by atoms with van der Waals surface area (Å²) < 4.78 is 1.86. The summed E-state index contributed by atoms with van der Waals surface area (Å²) in [6.07, 6.45) is 5.85. The van der Waals surface area contributed by atoms with Crippen LogP contribution in [0, 0.1) is 12.8 Å². The summed E-state index contributed by atoms with van der Waals surface area (Å²) in [7, 11) is 0. The topological polar surface area (TPSA) is 79.2 Å². The van der Waals surface area contributed by atoms with E-state index < -0.39 is 0 Å². The van der Waals surface area contributed by atoms with Crippen LogP contribution in [0.3, 0.4) is 0 Å². The lowest BCUT2D eigenvalue weighted by Crippen LogP contribution is -2.37. The standard InChI is InChI=1S/C18H20N6O/c1-11-8-17(24-16(20-11)4-6-19-24)23-7-5-13-14(10-23)21-15(22-18(13)25)9-12-2-3-12/h4,6,8,12H,2-3,5,7,9-10H2,1H3,(H,21,22,25). The van der Waals surface area contributed by atoms with Crippen molar-refractivity contribution in [3.8, 4) is 0 Å². The van der Waals surface area contributed by atoms with Gasteiger partial charge >= 0.3 is 0 Å². The van der Waals surface area contributed by atoms with Gasteiger partial charge in [0.15, 0.2) is 5.65 Å². The van der Waals surface area contributed by atoms with E-state index in [0.29, 0.717) is 18.9 Å². The Morgan fingerprint density at radius 1 is 1.32 bits per heavy atom. The number of nitrogens with zero attached hydrogens (tertiary/aromatic N) is 5. The first kappa shape index (κ1) is 14.6. The SMILES string of the molecule is Cc1cc(N2CCc3c(nc(CC4CC4)[nH]c3=O)C2)n2nccc2n1. The second-order valence-corrected chi connectivity index (χ2v) is 7.11. The van der Waals surface area contributed by atoms with Gasteiger partial charge in [-0.05, 0) is 32.1 Å². The van der Waals surface area contributed by atoms with Gasteiger partial charge in [-0.1, -0.05) is 0 Å². The second-order valence-electron chi connectivity index (χ2n) is 7.11. The van der Waals surface area contributed by atoms with Gasteiger partial charge in [0.05, 0.1) is 18.4 Å². The number of H-pyrrole nitrogens is 1. The van der Waals surface area contributed by atoms with Gasteiger partial charge in [-0.3, -0.25) is 4.79 Å². The molecule has 25 heavy (non-hydrogen) atoms. The smallest absolute Gasteiger partial charge is 0.254 e. The minimum absolute atomic E-state index is 0.0374. The first-order valence-electron chi connectivity index (χ1n) is 8.84. The first-order chi connectivity index (χ1) is 12.2. The zero-order valence-electron chi connectivity index (χ0n) is 14.2. The van der Waals surface area contributed by atoms with Crippen LogP contribution in [0.2, 0.25) is 0 Å². The summed E-state index contributed by atoms with van der Waals surface area (Å²) in [5.74, 6) is 2.54. The summed E-state index contributed by atoms with van der Waals surface area (Å²) in [5, 5.41) is 4.40. The Morgan fingerprint density at radius 3 is 3.04 bits per heavy atom. The van der Waals surface area contributed by atoms with Crippen molar-refractivity contribution in [2.24, 2.45) is 5.92 Å². The number of hydrogen-bond donors (Lipinski definition) is 1. The van der Waals surface area contributed by atoms with Gasteiger partial charge in [0.25, 0.3) is 5.56 Å². The van der Waals surface area contributed by atoms with E-state index in [2.05, 4.69) is 20.0 Å². The van der Waals surface area contributed by atoms with Crippen molar-refractivity contribution in [1.82, 2.24) is 24.6 Å². The highest BCUT2D eigenvalue weighted by Gasteiger charge is 2.26. The second kappa shape index (κ2) is 5.40. The van der Waals surface area contributed by atoms with Crippen LogP contribution in [0.4, 0.5) is 5.82 Å². The summed E-state index contributed by atoms with van der Waals surface area (Å²) in [6.45, 7) is 3.40. The molecule has 3 aromatic heterocycles. The maximum Gasteiger partial charge on any atom is 0.254 e. The van der Waals surface area contributed by atoms with Crippen LogP contribution in [0.1, 0.15) is 35.6 Å². The van der Waals surface area contributed by atoms with Crippen LogP contribution >= 0.6 is 0 Å². The average Bonchev–Trinajstić information content (AvgIpc) is 3.27. The number of nitrogens with one attached hydrogen (secondary N) is 1. The molecule has 0 spiro atoms. The van der Waals surface area contributed by atoms with E-state index in [1.54, 1.807) is 6.20 Å². The molecule has 0 bridgehead atoms. The normalized spacial score (nSPS) is 17.1. The number of aryl methyl sites for hydroxylation is 1. The molecule has 4 heterocycles. The van der Waals surface area contributed by atoms with Crippen LogP contribution in [-0.2, 0) is 19.4 Å². The lowest BCUT2D eigenvalue weighted by molar-refractivity contribution is 0.655. The lowest BCUT2D eigenvalue weighted by Gasteiger charge is -2.30. The molecule has 1 saturated carbocycles. The minimum Gasteiger partial charge on any atom is -0.350 e. The van der Waals surface area contributed by atoms with Crippen molar-refractivity contribution >= 4 is 11.5 Å². The predicted octanol–water partition coefficient (Wildman–Crippen LogP) is 1.64.